The second kappa shape index (κ2) is 7.77. The van der Waals surface area contributed by atoms with Crippen molar-refractivity contribution >= 4 is 49.1 Å². The number of nitrogens with two attached hydrogens (primary N) is 1. The normalized spacial score (nSPS) is 11.0. The van der Waals surface area contributed by atoms with Crippen LogP contribution < -0.4 is 15.8 Å². The summed E-state index contributed by atoms with van der Waals surface area (Å²) in [6.45, 7) is 1.71. The fourth-order valence-corrected chi connectivity index (χ4v) is 2.85. The molecule has 0 atom stereocenters. The smallest absolute Gasteiger partial charge is 0.257 e. The van der Waals surface area contributed by atoms with Crippen molar-refractivity contribution in [2.45, 2.75) is 18.2 Å². The van der Waals surface area contributed by atoms with Gasteiger partial charge in [0.2, 0.25) is 15.9 Å². The Labute approximate surface area is 153 Å². The van der Waals surface area contributed by atoms with E-state index in [1.54, 1.807) is 25.1 Å². The van der Waals surface area contributed by atoms with Gasteiger partial charge in [-0.1, -0.05) is 22.9 Å². The summed E-state index contributed by atoms with van der Waals surface area (Å²) in [5.74, 6) is -0.662. The topological polar surface area (TPSA) is 118 Å². The first-order valence-corrected chi connectivity index (χ1v) is 9.58. The van der Waals surface area contributed by atoms with E-state index in [-0.39, 0.29) is 22.8 Å². The van der Waals surface area contributed by atoms with E-state index in [4.69, 9.17) is 5.14 Å². The van der Waals surface area contributed by atoms with E-state index in [0.29, 0.717) is 15.8 Å². The third-order valence-corrected chi connectivity index (χ3v) is 4.68. The maximum Gasteiger partial charge on any atom is 0.257 e. The largest absolute Gasteiger partial charge is 0.325 e. The van der Waals surface area contributed by atoms with Gasteiger partial charge in [-0.15, -0.1) is 0 Å². The Morgan fingerprint density at radius 1 is 1.08 bits per heavy atom. The van der Waals surface area contributed by atoms with E-state index in [2.05, 4.69) is 26.6 Å². The van der Waals surface area contributed by atoms with Crippen LogP contribution in [-0.2, 0) is 14.8 Å². The number of primary sulfonamides is 1. The van der Waals surface area contributed by atoms with Gasteiger partial charge in [-0.05, 0) is 42.5 Å². The maximum atomic E-state index is 12.5. The molecule has 0 aliphatic rings. The molecule has 0 spiro atoms. The molecule has 0 saturated carbocycles. The van der Waals surface area contributed by atoms with Crippen molar-refractivity contribution in [2.24, 2.45) is 5.14 Å². The van der Waals surface area contributed by atoms with Crippen LogP contribution in [-0.4, -0.2) is 20.2 Å². The summed E-state index contributed by atoms with van der Waals surface area (Å²) in [6.07, 6.45) is 0.284. The quantitative estimate of drug-likeness (QED) is 0.681. The molecule has 0 aliphatic heterocycles. The molecule has 9 heteroatoms. The van der Waals surface area contributed by atoms with Crippen LogP contribution in [0.25, 0.3) is 0 Å². The van der Waals surface area contributed by atoms with Gasteiger partial charge in [0.1, 0.15) is 0 Å². The molecular formula is C16H16BrN3O4S. The third kappa shape index (κ3) is 5.12. The number of sulfonamides is 1. The van der Waals surface area contributed by atoms with Crippen molar-refractivity contribution in [1.29, 1.82) is 0 Å². The van der Waals surface area contributed by atoms with E-state index in [1.165, 1.54) is 24.3 Å². The lowest BCUT2D eigenvalue weighted by Crippen LogP contribution is -2.18. The Balaban J connectivity index is 2.25. The minimum absolute atomic E-state index is 0.0520. The van der Waals surface area contributed by atoms with Gasteiger partial charge in [-0.25, -0.2) is 13.6 Å². The summed E-state index contributed by atoms with van der Waals surface area (Å²) in [4.78, 5) is 24.1. The molecule has 0 aliphatic carbocycles. The van der Waals surface area contributed by atoms with Crippen molar-refractivity contribution in [1.82, 2.24) is 0 Å². The second-order valence-electron chi connectivity index (χ2n) is 5.12. The molecule has 2 aromatic carbocycles. The number of amides is 2. The van der Waals surface area contributed by atoms with Gasteiger partial charge in [0.05, 0.1) is 16.1 Å². The van der Waals surface area contributed by atoms with E-state index >= 15 is 0 Å². The van der Waals surface area contributed by atoms with Crippen molar-refractivity contribution in [3.8, 4) is 0 Å². The molecule has 2 aromatic rings. The number of anilines is 2. The molecular weight excluding hydrogens is 410 g/mol. The molecule has 0 unspecified atom stereocenters. The van der Waals surface area contributed by atoms with Crippen LogP contribution in [0.1, 0.15) is 23.7 Å². The van der Waals surface area contributed by atoms with Crippen LogP contribution in [0.2, 0.25) is 0 Å². The van der Waals surface area contributed by atoms with Gasteiger partial charge in [0.25, 0.3) is 5.91 Å². The highest BCUT2D eigenvalue weighted by Gasteiger charge is 2.15. The van der Waals surface area contributed by atoms with Crippen LogP contribution in [0.5, 0.6) is 0 Å². The minimum Gasteiger partial charge on any atom is -0.325 e. The predicted molar refractivity (Wildman–Crippen MR) is 98.8 cm³/mol. The summed E-state index contributed by atoms with van der Waals surface area (Å²) in [5.41, 5.74) is 1.05. The lowest BCUT2D eigenvalue weighted by Gasteiger charge is -2.12. The van der Waals surface area contributed by atoms with Crippen molar-refractivity contribution in [3.05, 3.63) is 52.5 Å². The third-order valence-electron chi connectivity index (χ3n) is 3.26. The lowest BCUT2D eigenvalue weighted by molar-refractivity contribution is -0.115. The molecule has 0 radical (unpaired) electrons. The fraction of sp³-hybridized carbons (Fsp3) is 0.125. The monoisotopic (exact) mass is 425 g/mol. The van der Waals surface area contributed by atoms with Crippen molar-refractivity contribution in [3.63, 3.8) is 0 Å². The van der Waals surface area contributed by atoms with Crippen LogP contribution in [0, 0.1) is 0 Å². The number of benzene rings is 2. The number of carbonyl (C=O) groups is 2. The molecule has 2 rings (SSSR count). The highest BCUT2D eigenvalue weighted by atomic mass is 79.9. The first-order valence-electron chi connectivity index (χ1n) is 7.24. The Morgan fingerprint density at radius 3 is 2.28 bits per heavy atom. The van der Waals surface area contributed by atoms with E-state index in [0.717, 1.165) is 0 Å². The molecule has 132 valence electrons. The average Bonchev–Trinajstić information content (AvgIpc) is 2.56. The molecule has 4 N–H and O–H groups in total. The number of nitrogens with one attached hydrogen (secondary N) is 2. The van der Waals surface area contributed by atoms with Crippen LogP contribution in [0.15, 0.2) is 51.8 Å². The first kappa shape index (κ1) is 19.1. The summed E-state index contributed by atoms with van der Waals surface area (Å²) >= 11 is 3.29. The number of hydrogen-bond donors (Lipinski definition) is 3. The van der Waals surface area contributed by atoms with Crippen molar-refractivity contribution < 1.29 is 18.0 Å². The second-order valence-corrected chi connectivity index (χ2v) is 7.59. The van der Waals surface area contributed by atoms with Gasteiger partial charge >= 0.3 is 0 Å². The minimum atomic E-state index is -3.80. The van der Waals surface area contributed by atoms with Gasteiger partial charge in [-0.2, -0.15) is 0 Å². The number of rotatable bonds is 5. The zero-order valence-electron chi connectivity index (χ0n) is 13.2. The van der Waals surface area contributed by atoms with Gasteiger partial charge < -0.3 is 10.6 Å². The van der Waals surface area contributed by atoms with Crippen molar-refractivity contribution in [2.75, 3.05) is 10.6 Å². The average molecular weight is 426 g/mol. The van der Waals surface area contributed by atoms with E-state index in [9.17, 15) is 18.0 Å². The highest BCUT2D eigenvalue weighted by Crippen LogP contribution is 2.23. The zero-order chi connectivity index (χ0) is 18.6. The highest BCUT2D eigenvalue weighted by molar-refractivity contribution is 9.10. The SMILES string of the molecule is CCC(=O)Nc1ccc(Br)cc1C(=O)Nc1ccc(S(N)(=O)=O)cc1. The van der Waals surface area contributed by atoms with Gasteiger partial charge in [-0.3, -0.25) is 9.59 Å². The van der Waals surface area contributed by atoms with Gasteiger partial charge in [0, 0.05) is 16.6 Å². The summed E-state index contributed by atoms with van der Waals surface area (Å²) in [7, 11) is -3.80. The first-order chi connectivity index (χ1) is 11.7. The Bertz CT molecular complexity index is 911. The zero-order valence-corrected chi connectivity index (χ0v) is 15.6. The Morgan fingerprint density at radius 2 is 1.72 bits per heavy atom. The summed E-state index contributed by atoms with van der Waals surface area (Å²) in [6, 6.07) is 10.4. The van der Waals surface area contributed by atoms with Gasteiger partial charge in [0.15, 0.2) is 0 Å². The fourth-order valence-electron chi connectivity index (χ4n) is 1.98. The molecule has 7 nitrogen and oxygen atoms in total. The maximum absolute atomic E-state index is 12.5. The predicted octanol–water partition coefficient (Wildman–Crippen LogP) is 2.70. The standard InChI is InChI=1S/C16H16BrN3O4S/c1-2-15(21)20-14-8-3-10(17)9-13(14)16(22)19-11-4-6-12(7-5-11)25(18,23)24/h3-9H,2H2,1H3,(H,19,22)(H,20,21)(H2,18,23,24). The molecule has 0 aromatic heterocycles. The molecule has 0 saturated heterocycles. The van der Waals surface area contributed by atoms with E-state index < -0.39 is 15.9 Å². The summed E-state index contributed by atoms with van der Waals surface area (Å²) < 4.78 is 23.2. The lowest BCUT2D eigenvalue weighted by atomic mass is 10.1. The van der Waals surface area contributed by atoms with Crippen LogP contribution in [0.3, 0.4) is 0 Å². The van der Waals surface area contributed by atoms with E-state index in [1.807, 2.05) is 0 Å². The van der Waals surface area contributed by atoms with Crippen LogP contribution in [0.4, 0.5) is 11.4 Å². The molecule has 25 heavy (non-hydrogen) atoms. The molecule has 0 fully saturated rings. The Kier molecular flexibility index (Phi) is 5.93. The molecule has 0 bridgehead atoms. The summed E-state index contributed by atoms with van der Waals surface area (Å²) in [5, 5.41) is 10.4. The number of carbonyl (C=O) groups excluding carboxylic acids is 2. The molecule has 2 amide bonds. The number of halogens is 1. The number of hydrogen-bond acceptors (Lipinski definition) is 4. The molecule has 0 heterocycles. The Hall–Kier alpha value is -2.23. The van der Waals surface area contributed by atoms with Crippen LogP contribution >= 0.6 is 15.9 Å².